The maximum Gasteiger partial charge on any atom is 0.227 e. The molecule has 0 aliphatic carbocycles. The summed E-state index contributed by atoms with van der Waals surface area (Å²) in [7, 11) is 0. The Morgan fingerprint density at radius 2 is 2.00 bits per heavy atom. The van der Waals surface area contributed by atoms with Gasteiger partial charge in [0, 0.05) is 36.1 Å². The zero-order chi connectivity index (χ0) is 16.8. The van der Waals surface area contributed by atoms with Gasteiger partial charge in [0.25, 0.3) is 0 Å². The highest BCUT2D eigenvalue weighted by Crippen LogP contribution is 2.24. The molecule has 1 aliphatic heterocycles. The maximum atomic E-state index is 12.4. The first-order chi connectivity index (χ1) is 11.0. The lowest BCUT2D eigenvalue weighted by Crippen LogP contribution is -2.41. The molecule has 1 saturated heterocycles. The predicted octanol–water partition coefficient (Wildman–Crippen LogP) is 4.02. The molecule has 0 radical (unpaired) electrons. The Kier molecular flexibility index (Phi) is 6.46. The molecule has 1 heterocycles. The van der Waals surface area contributed by atoms with Crippen molar-refractivity contribution in [3.63, 3.8) is 0 Å². The molecule has 1 aromatic rings. The SMILES string of the molecule is CCCCC(=O)N1CCC(C(=O)Nc2cc(Cl)ccc2C)CC1. The molecule has 0 saturated carbocycles. The van der Waals surface area contributed by atoms with Crippen LogP contribution in [0.2, 0.25) is 5.02 Å². The molecular formula is C18H25ClN2O2. The number of aryl methyl sites for hydroxylation is 1. The van der Waals surface area contributed by atoms with Gasteiger partial charge in [-0.25, -0.2) is 0 Å². The molecule has 0 bridgehead atoms. The second-order valence-corrected chi connectivity index (χ2v) is 6.64. The number of likely N-dealkylation sites (tertiary alicyclic amines) is 1. The van der Waals surface area contributed by atoms with Gasteiger partial charge in [0.15, 0.2) is 0 Å². The smallest absolute Gasteiger partial charge is 0.227 e. The van der Waals surface area contributed by atoms with Crippen LogP contribution in [0.5, 0.6) is 0 Å². The Labute approximate surface area is 143 Å². The minimum absolute atomic E-state index is 0.0241. The highest BCUT2D eigenvalue weighted by Gasteiger charge is 2.27. The fourth-order valence-corrected chi connectivity index (χ4v) is 3.01. The van der Waals surface area contributed by atoms with Crippen LogP contribution < -0.4 is 5.32 Å². The highest BCUT2D eigenvalue weighted by molar-refractivity contribution is 6.31. The summed E-state index contributed by atoms with van der Waals surface area (Å²) in [6.07, 6.45) is 4.04. The van der Waals surface area contributed by atoms with Crippen LogP contribution >= 0.6 is 11.6 Å². The predicted molar refractivity (Wildman–Crippen MR) is 93.6 cm³/mol. The molecular weight excluding hydrogens is 312 g/mol. The van der Waals surface area contributed by atoms with Crippen molar-refractivity contribution in [2.75, 3.05) is 18.4 Å². The normalized spacial score (nSPS) is 15.5. The van der Waals surface area contributed by atoms with E-state index in [1.165, 1.54) is 0 Å². The van der Waals surface area contributed by atoms with Crippen LogP contribution in [0.3, 0.4) is 0 Å². The third-order valence-corrected chi connectivity index (χ3v) is 4.66. The number of piperidine rings is 1. The Bertz CT molecular complexity index is 566. The number of nitrogens with zero attached hydrogens (tertiary/aromatic N) is 1. The Hall–Kier alpha value is -1.55. The number of nitrogens with one attached hydrogen (secondary N) is 1. The number of hydrogen-bond acceptors (Lipinski definition) is 2. The molecule has 2 amide bonds. The minimum Gasteiger partial charge on any atom is -0.343 e. The lowest BCUT2D eigenvalue weighted by Gasteiger charge is -2.31. The van der Waals surface area contributed by atoms with E-state index >= 15 is 0 Å². The Morgan fingerprint density at radius 3 is 2.65 bits per heavy atom. The summed E-state index contributed by atoms with van der Waals surface area (Å²) in [6.45, 7) is 5.38. The van der Waals surface area contributed by atoms with Crippen LogP contribution in [0, 0.1) is 12.8 Å². The van der Waals surface area contributed by atoms with E-state index in [4.69, 9.17) is 11.6 Å². The molecule has 126 valence electrons. The Balaban J connectivity index is 1.86. The van der Waals surface area contributed by atoms with Gasteiger partial charge in [0.05, 0.1) is 0 Å². The topological polar surface area (TPSA) is 49.4 Å². The first-order valence-corrected chi connectivity index (χ1v) is 8.74. The van der Waals surface area contributed by atoms with Crippen molar-refractivity contribution in [2.45, 2.75) is 46.0 Å². The lowest BCUT2D eigenvalue weighted by atomic mass is 9.95. The summed E-state index contributed by atoms with van der Waals surface area (Å²) in [4.78, 5) is 26.3. The summed E-state index contributed by atoms with van der Waals surface area (Å²) in [5.74, 6) is 0.205. The zero-order valence-electron chi connectivity index (χ0n) is 13.9. The Morgan fingerprint density at radius 1 is 1.30 bits per heavy atom. The molecule has 1 aromatic carbocycles. The van der Waals surface area contributed by atoms with Crippen LogP contribution in [0.15, 0.2) is 18.2 Å². The summed E-state index contributed by atoms with van der Waals surface area (Å²) >= 11 is 5.99. The third-order valence-electron chi connectivity index (χ3n) is 4.42. The summed E-state index contributed by atoms with van der Waals surface area (Å²) in [5, 5.41) is 3.59. The second kappa shape index (κ2) is 8.34. The molecule has 1 N–H and O–H groups in total. The van der Waals surface area contributed by atoms with E-state index in [2.05, 4.69) is 12.2 Å². The van der Waals surface area contributed by atoms with Crippen LogP contribution in [0.4, 0.5) is 5.69 Å². The van der Waals surface area contributed by atoms with Crippen LogP contribution in [0.1, 0.15) is 44.6 Å². The molecule has 2 rings (SSSR count). The van der Waals surface area contributed by atoms with E-state index in [1.54, 1.807) is 6.07 Å². The summed E-state index contributed by atoms with van der Waals surface area (Å²) < 4.78 is 0. The van der Waals surface area contributed by atoms with Gasteiger partial charge in [-0.3, -0.25) is 9.59 Å². The van der Waals surface area contributed by atoms with Crippen molar-refractivity contribution in [1.82, 2.24) is 4.90 Å². The summed E-state index contributed by atoms with van der Waals surface area (Å²) in [5.41, 5.74) is 1.76. The van der Waals surface area contributed by atoms with Crippen molar-refractivity contribution in [3.05, 3.63) is 28.8 Å². The van der Waals surface area contributed by atoms with E-state index in [-0.39, 0.29) is 17.7 Å². The lowest BCUT2D eigenvalue weighted by molar-refractivity contribution is -0.134. The van der Waals surface area contributed by atoms with Crippen LogP contribution in [0.25, 0.3) is 0 Å². The first-order valence-electron chi connectivity index (χ1n) is 8.36. The molecule has 4 nitrogen and oxygen atoms in total. The minimum atomic E-state index is -0.0383. The fraction of sp³-hybridized carbons (Fsp3) is 0.556. The molecule has 0 spiro atoms. The van der Waals surface area contributed by atoms with E-state index in [0.29, 0.717) is 24.5 Å². The van der Waals surface area contributed by atoms with Crippen molar-refractivity contribution in [2.24, 2.45) is 5.92 Å². The monoisotopic (exact) mass is 336 g/mol. The highest BCUT2D eigenvalue weighted by atomic mass is 35.5. The number of benzene rings is 1. The quantitative estimate of drug-likeness (QED) is 0.883. The largest absolute Gasteiger partial charge is 0.343 e. The first kappa shape index (κ1) is 17.8. The van der Waals surface area contributed by atoms with Crippen molar-refractivity contribution >= 4 is 29.1 Å². The van der Waals surface area contributed by atoms with Gasteiger partial charge in [-0.05, 0) is 43.9 Å². The molecule has 5 heteroatoms. The molecule has 0 aromatic heterocycles. The van der Waals surface area contributed by atoms with Crippen molar-refractivity contribution in [3.8, 4) is 0 Å². The molecule has 0 unspecified atom stereocenters. The van der Waals surface area contributed by atoms with Crippen LogP contribution in [-0.4, -0.2) is 29.8 Å². The van der Waals surface area contributed by atoms with Gasteiger partial charge in [0.1, 0.15) is 0 Å². The number of halogens is 1. The van der Waals surface area contributed by atoms with Gasteiger partial charge >= 0.3 is 0 Å². The van der Waals surface area contributed by atoms with E-state index in [0.717, 1.165) is 36.9 Å². The van der Waals surface area contributed by atoms with Crippen molar-refractivity contribution < 1.29 is 9.59 Å². The standard InChI is InChI=1S/C18H25ClN2O2/c1-3-4-5-17(22)21-10-8-14(9-11-21)18(23)20-16-12-15(19)7-6-13(16)2/h6-7,12,14H,3-5,8-11H2,1-2H3,(H,20,23). The van der Waals surface area contributed by atoms with Gasteiger partial charge in [-0.1, -0.05) is 31.0 Å². The fourth-order valence-electron chi connectivity index (χ4n) is 2.84. The molecule has 23 heavy (non-hydrogen) atoms. The van der Waals surface area contributed by atoms with E-state index < -0.39 is 0 Å². The average molecular weight is 337 g/mol. The average Bonchev–Trinajstić information content (AvgIpc) is 2.56. The van der Waals surface area contributed by atoms with Gasteiger partial charge in [0.2, 0.25) is 11.8 Å². The number of carbonyl (C=O) groups excluding carboxylic acids is 2. The molecule has 1 aliphatic rings. The van der Waals surface area contributed by atoms with Crippen LogP contribution in [-0.2, 0) is 9.59 Å². The molecule has 0 atom stereocenters. The zero-order valence-corrected chi connectivity index (χ0v) is 14.7. The second-order valence-electron chi connectivity index (χ2n) is 6.21. The summed E-state index contributed by atoms with van der Waals surface area (Å²) in [6, 6.07) is 5.48. The number of carbonyl (C=O) groups is 2. The maximum absolute atomic E-state index is 12.4. The number of amides is 2. The van der Waals surface area contributed by atoms with Gasteiger partial charge < -0.3 is 10.2 Å². The van der Waals surface area contributed by atoms with Gasteiger partial charge in [-0.15, -0.1) is 0 Å². The van der Waals surface area contributed by atoms with E-state index in [9.17, 15) is 9.59 Å². The van der Waals surface area contributed by atoms with Gasteiger partial charge in [-0.2, -0.15) is 0 Å². The number of rotatable bonds is 5. The van der Waals surface area contributed by atoms with E-state index in [1.807, 2.05) is 24.0 Å². The number of hydrogen-bond donors (Lipinski definition) is 1. The number of unbranched alkanes of at least 4 members (excludes halogenated alkanes) is 1. The third kappa shape index (κ3) is 4.96. The van der Waals surface area contributed by atoms with Crippen molar-refractivity contribution in [1.29, 1.82) is 0 Å². The number of anilines is 1. The molecule has 1 fully saturated rings.